The van der Waals surface area contributed by atoms with Gasteiger partial charge in [-0.05, 0) is 49.2 Å². The molecule has 0 amide bonds. The molecule has 0 heterocycles. The molecule has 2 N–H and O–H groups in total. The fourth-order valence-corrected chi connectivity index (χ4v) is 3.15. The maximum Gasteiger partial charge on any atom is 0.126 e. The first-order valence-electron chi connectivity index (χ1n) is 6.26. The molecule has 0 atom stereocenters. The van der Waals surface area contributed by atoms with Gasteiger partial charge in [0.25, 0.3) is 0 Å². The Hall–Kier alpha value is -1.06. The lowest BCUT2D eigenvalue weighted by Gasteiger charge is -2.15. The van der Waals surface area contributed by atoms with Crippen molar-refractivity contribution >= 4 is 52.0 Å². The zero-order chi connectivity index (χ0) is 16.6. The summed E-state index contributed by atoms with van der Waals surface area (Å²) in [5.74, 6) is -0.0366. The van der Waals surface area contributed by atoms with E-state index in [9.17, 15) is 10.2 Å². The molecular weight excluding hydrogens is 366 g/mol. The van der Waals surface area contributed by atoms with Crippen molar-refractivity contribution in [1.82, 2.24) is 0 Å². The van der Waals surface area contributed by atoms with E-state index in [1.54, 1.807) is 26.0 Å². The van der Waals surface area contributed by atoms with Crippen LogP contribution >= 0.6 is 46.4 Å². The van der Waals surface area contributed by atoms with Crippen molar-refractivity contribution < 1.29 is 10.2 Å². The number of aromatic hydroxyl groups is 2. The van der Waals surface area contributed by atoms with E-state index in [0.717, 1.165) is 0 Å². The Bertz CT molecular complexity index is 719. The second-order valence-corrected chi connectivity index (χ2v) is 6.70. The Morgan fingerprint density at radius 2 is 1.14 bits per heavy atom. The Morgan fingerprint density at radius 3 is 1.45 bits per heavy atom. The van der Waals surface area contributed by atoms with Crippen molar-refractivity contribution in [2.45, 2.75) is 13.8 Å². The predicted octanol–water partition coefficient (Wildman–Crippen LogP) is 6.22. The molecule has 0 aromatic heterocycles. The SMILES string of the molecule is Cc1cc(Cl)cc(C(=C(Cl)Cl)c2cc(Cl)cc(C)c2O)c1O. The highest BCUT2D eigenvalue weighted by molar-refractivity contribution is 6.59. The molecule has 0 unspecified atom stereocenters. The monoisotopic (exact) mass is 376 g/mol. The van der Waals surface area contributed by atoms with Gasteiger partial charge in [0.2, 0.25) is 0 Å². The van der Waals surface area contributed by atoms with E-state index in [4.69, 9.17) is 46.4 Å². The first-order chi connectivity index (χ1) is 10.2. The van der Waals surface area contributed by atoms with Crippen molar-refractivity contribution in [3.8, 4) is 11.5 Å². The molecule has 0 aliphatic heterocycles. The quantitative estimate of drug-likeness (QED) is 0.652. The van der Waals surface area contributed by atoms with Crippen molar-refractivity contribution in [3.63, 3.8) is 0 Å². The summed E-state index contributed by atoms with van der Waals surface area (Å²) in [5.41, 5.74) is 2.03. The fraction of sp³-hybridized carbons (Fsp3) is 0.125. The second-order valence-electron chi connectivity index (χ2n) is 4.87. The van der Waals surface area contributed by atoms with Crippen LogP contribution in [0.25, 0.3) is 5.57 Å². The highest BCUT2D eigenvalue weighted by atomic mass is 35.5. The molecule has 0 spiro atoms. The van der Waals surface area contributed by atoms with Crippen LogP contribution in [0.3, 0.4) is 0 Å². The molecular formula is C16H12Cl4O2. The first-order valence-corrected chi connectivity index (χ1v) is 7.77. The highest BCUT2D eigenvalue weighted by Gasteiger charge is 2.20. The Labute approximate surface area is 148 Å². The predicted molar refractivity (Wildman–Crippen MR) is 93.4 cm³/mol. The van der Waals surface area contributed by atoms with Crippen LogP contribution in [-0.4, -0.2) is 10.2 Å². The molecule has 2 aromatic rings. The van der Waals surface area contributed by atoms with Gasteiger partial charge < -0.3 is 10.2 Å². The van der Waals surface area contributed by atoms with Gasteiger partial charge in [0.05, 0.1) is 0 Å². The van der Waals surface area contributed by atoms with Gasteiger partial charge in [-0.15, -0.1) is 0 Å². The van der Waals surface area contributed by atoms with Crippen LogP contribution in [0.4, 0.5) is 0 Å². The molecule has 2 nitrogen and oxygen atoms in total. The van der Waals surface area contributed by atoms with Crippen LogP contribution in [0.5, 0.6) is 11.5 Å². The van der Waals surface area contributed by atoms with Crippen molar-refractivity contribution in [3.05, 3.63) is 61.1 Å². The lowest BCUT2D eigenvalue weighted by atomic mass is 9.95. The van der Waals surface area contributed by atoms with Crippen molar-refractivity contribution in [2.75, 3.05) is 0 Å². The zero-order valence-corrected chi connectivity index (χ0v) is 14.7. The minimum atomic E-state index is -0.117. The molecule has 0 bridgehead atoms. The summed E-state index contributed by atoms with van der Waals surface area (Å²) < 4.78 is -0.117. The second kappa shape index (κ2) is 6.59. The molecule has 6 heteroatoms. The van der Waals surface area contributed by atoms with Crippen LogP contribution < -0.4 is 0 Å². The molecule has 116 valence electrons. The van der Waals surface area contributed by atoms with Gasteiger partial charge in [-0.3, -0.25) is 0 Å². The minimum Gasteiger partial charge on any atom is -0.507 e. The average molecular weight is 378 g/mol. The van der Waals surface area contributed by atoms with Crippen LogP contribution in [0.2, 0.25) is 10.0 Å². The van der Waals surface area contributed by atoms with Crippen LogP contribution in [0.1, 0.15) is 22.3 Å². The number of halogens is 4. The summed E-state index contributed by atoms with van der Waals surface area (Å²) in [4.78, 5) is 0. The Balaban J connectivity index is 2.83. The van der Waals surface area contributed by atoms with E-state index in [1.807, 2.05) is 0 Å². The smallest absolute Gasteiger partial charge is 0.126 e. The third kappa shape index (κ3) is 3.31. The topological polar surface area (TPSA) is 40.5 Å². The van der Waals surface area contributed by atoms with E-state index in [-0.39, 0.29) is 21.6 Å². The number of rotatable bonds is 2. The van der Waals surface area contributed by atoms with Gasteiger partial charge in [-0.1, -0.05) is 46.4 Å². The van der Waals surface area contributed by atoms with Crippen molar-refractivity contribution in [2.24, 2.45) is 0 Å². The summed E-state index contributed by atoms with van der Waals surface area (Å²) in [6.45, 7) is 3.40. The maximum atomic E-state index is 10.3. The van der Waals surface area contributed by atoms with Gasteiger partial charge in [0.1, 0.15) is 16.0 Å². The molecule has 0 radical (unpaired) electrons. The van der Waals surface area contributed by atoms with Gasteiger partial charge in [0, 0.05) is 26.7 Å². The number of phenols is 2. The van der Waals surface area contributed by atoms with E-state index in [2.05, 4.69) is 0 Å². The first kappa shape index (κ1) is 17.3. The van der Waals surface area contributed by atoms with Gasteiger partial charge in [-0.2, -0.15) is 0 Å². The number of phenolic OH excluding ortho intramolecular Hbond substituents is 2. The van der Waals surface area contributed by atoms with Gasteiger partial charge in [-0.25, -0.2) is 0 Å². The summed E-state index contributed by atoms with van der Waals surface area (Å²) in [7, 11) is 0. The molecule has 0 aliphatic carbocycles. The van der Waals surface area contributed by atoms with Crippen LogP contribution in [0.15, 0.2) is 28.8 Å². The maximum absolute atomic E-state index is 10.3. The largest absolute Gasteiger partial charge is 0.507 e. The van der Waals surface area contributed by atoms with Crippen LogP contribution in [-0.2, 0) is 0 Å². The Morgan fingerprint density at radius 1 is 0.773 bits per heavy atom. The van der Waals surface area contributed by atoms with E-state index in [0.29, 0.717) is 32.3 Å². The molecule has 22 heavy (non-hydrogen) atoms. The lowest BCUT2D eigenvalue weighted by molar-refractivity contribution is 0.467. The normalized spacial score (nSPS) is 10.6. The third-order valence-corrected chi connectivity index (χ3v) is 4.07. The summed E-state index contributed by atoms with van der Waals surface area (Å²) in [6, 6.07) is 6.28. The minimum absolute atomic E-state index is 0.0183. The summed E-state index contributed by atoms with van der Waals surface area (Å²) >= 11 is 24.1. The standard InChI is InChI=1S/C16H12Cl4O2/c1-7-3-9(17)5-11(14(7)21)13(16(19)20)12-6-10(18)4-8(2)15(12)22/h3-6,21-22H,1-2H3. The fourth-order valence-electron chi connectivity index (χ4n) is 2.20. The number of hydrogen-bond donors (Lipinski definition) is 2. The van der Waals surface area contributed by atoms with Crippen molar-refractivity contribution in [1.29, 1.82) is 0 Å². The Kier molecular flexibility index (Phi) is 5.18. The number of aryl methyl sites for hydroxylation is 2. The molecule has 0 saturated carbocycles. The van der Waals surface area contributed by atoms with Crippen LogP contribution in [0, 0.1) is 13.8 Å². The molecule has 0 saturated heterocycles. The lowest BCUT2D eigenvalue weighted by Crippen LogP contribution is -1.94. The molecule has 0 fully saturated rings. The molecule has 2 rings (SSSR count). The molecule has 2 aromatic carbocycles. The van der Waals surface area contributed by atoms with Gasteiger partial charge >= 0.3 is 0 Å². The average Bonchev–Trinajstić information content (AvgIpc) is 2.40. The zero-order valence-electron chi connectivity index (χ0n) is 11.7. The number of benzene rings is 2. The summed E-state index contributed by atoms with van der Waals surface area (Å²) in [5, 5.41) is 21.4. The number of hydrogen-bond acceptors (Lipinski definition) is 2. The van der Waals surface area contributed by atoms with E-state index >= 15 is 0 Å². The van der Waals surface area contributed by atoms with E-state index in [1.165, 1.54) is 12.1 Å². The highest BCUT2D eigenvalue weighted by Crippen LogP contribution is 2.43. The van der Waals surface area contributed by atoms with Gasteiger partial charge in [0.15, 0.2) is 0 Å². The third-order valence-electron chi connectivity index (χ3n) is 3.26. The molecule has 0 aliphatic rings. The van der Waals surface area contributed by atoms with E-state index < -0.39 is 0 Å². The summed E-state index contributed by atoms with van der Waals surface area (Å²) in [6.07, 6.45) is 0.